The Kier molecular flexibility index (Phi) is 48.1. The molecule has 0 aromatic rings. The van der Waals surface area contributed by atoms with Crippen LogP contribution in [0.15, 0.2) is 60.8 Å². The monoisotopic (exact) mass is 1150 g/mol. The smallest absolute Gasteiger partial charge is 0.220 e. The van der Waals surface area contributed by atoms with Crippen LogP contribution in [0.4, 0.5) is 0 Å². The fourth-order valence-corrected chi connectivity index (χ4v) is 10.7. The molecular formula is C67H121NO13. The first-order valence-corrected chi connectivity index (χ1v) is 33.0. The molecule has 2 fully saturated rings. The van der Waals surface area contributed by atoms with Crippen LogP contribution in [0.3, 0.4) is 0 Å². The van der Waals surface area contributed by atoms with Gasteiger partial charge in [0.2, 0.25) is 5.91 Å². The van der Waals surface area contributed by atoms with E-state index in [1.54, 1.807) is 6.08 Å². The predicted octanol–water partition coefficient (Wildman–Crippen LogP) is 12.5. The van der Waals surface area contributed by atoms with E-state index in [2.05, 4.69) is 67.8 Å². The number of unbranched alkanes of at least 4 members (excludes halogenated alkanes) is 32. The van der Waals surface area contributed by atoms with Gasteiger partial charge in [-0.25, -0.2) is 0 Å². The Hall–Kier alpha value is -2.31. The first-order chi connectivity index (χ1) is 39.6. The van der Waals surface area contributed by atoms with E-state index < -0.39 is 86.8 Å². The molecule has 81 heavy (non-hydrogen) atoms. The molecule has 0 spiro atoms. The molecule has 2 heterocycles. The fraction of sp³-hybridized carbons (Fsp3) is 0.836. The van der Waals surface area contributed by atoms with Gasteiger partial charge in [0.1, 0.15) is 48.8 Å². The molecule has 0 bridgehead atoms. The molecule has 0 aromatic heterocycles. The molecule has 2 aliphatic rings. The van der Waals surface area contributed by atoms with E-state index in [9.17, 15) is 45.6 Å². The summed E-state index contributed by atoms with van der Waals surface area (Å²) in [5, 5.41) is 87.2. The van der Waals surface area contributed by atoms with Gasteiger partial charge < -0.3 is 65.1 Å². The molecule has 0 aromatic carbocycles. The Labute approximate surface area is 492 Å². The van der Waals surface area contributed by atoms with Gasteiger partial charge in [-0.3, -0.25) is 4.79 Å². The number of carbonyl (C=O) groups excluding carboxylic acids is 1. The maximum Gasteiger partial charge on any atom is 0.220 e. The topological polar surface area (TPSA) is 228 Å². The van der Waals surface area contributed by atoms with Gasteiger partial charge in [0, 0.05) is 6.42 Å². The Morgan fingerprint density at radius 2 is 0.852 bits per heavy atom. The summed E-state index contributed by atoms with van der Waals surface area (Å²) in [6, 6.07) is -0.931. The highest BCUT2D eigenvalue weighted by molar-refractivity contribution is 5.76. The van der Waals surface area contributed by atoms with Crippen LogP contribution >= 0.6 is 0 Å². The molecule has 14 nitrogen and oxygen atoms in total. The third-order valence-electron chi connectivity index (χ3n) is 16.0. The van der Waals surface area contributed by atoms with Crippen molar-refractivity contribution in [3.63, 3.8) is 0 Å². The summed E-state index contributed by atoms with van der Waals surface area (Å²) in [4.78, 5) is 13.3. The maximum atomic E-state index is 13.3. The molecule has 2 saturated heterocycles. The average molecular weight is 1150 g/mol. The number of ether oxygens (including phenoxy) is 4. The molecule has 2 aliphatic heterocycles. The van der Waals surface area contributed by atoms with Crippen LogP contribution in [-0.4, -0.2) is 140 Å². The molecule has 1 amide bonds. The number of carbonyl (C=O) groups is 1. The number of aliphatic hydroxyl groups excluding tert-OH is 8. The molecule has 12 unspecified atom stereocenters. The van der Waals surface area contributed by atoms with Crippen LogP contribution < -0.4 is 5.32 Å². The zero-order valence-electron chi connectivity index (χ0n) is 51.0. The molecule has 12 atom stereocenters. The largest absolute Gasteiger partial charge is 0.394 e. The summed E-state index contributed by atoms with van der Waals surface area (Å²) >= 11 is 0. The van der Waals surface area contributed by atoms with Gasteiger partial charge in [0.05, 0.1) is 32.0 Å². The first-order valence-electron chi connectivity index (χ1n) is 33.0. The Bertz CT molecular complexity index is 1590. The van der Waals surface area contributed by atoms with Crippen LogP contribution in [0.25, 0.3) is 0 Å². The second-order valence-electron chi connectivity index (χ2n) is 23.2. The van der Waals surface area contributed by atoms with E-state index >= 15 is 0 Å². The van der Waals surface area contributed by atoms with Crippen molar-refractivity contribution in [1.82, 2.24) is 5.32 Å². The minimum Gasteiger partial charge on any atom is -0.394 e. The summed E-state index contributed by atoms with van der Waals surface area (Å²) in [6.45, 7) is 2.69. The highest BCUT2D eigenvalue weighted by Crippen LogP contribution is 2.30. The standard InChI is InChI=1S/C67H121NO13/c1-3-5-7-9-11-13-15-17-19-21-22-23-24-25-26-27-28-29-30-31-32-33-35-36-38-40-42-44-46-48-50-56(71)55(68-59(72)51-49-47-45-43-41-39-37-34-20-18-16-14-12-10-8-6-4-2)54-78-66-64(77)62(75)65(58(53-70)80-66)81-67-63(76)61(74)60(73)57(52-69)79-67/h6,8,12,14,18,20,37,39,48,50,55-58,60-67,69-71,73-77H,3-5,7,9-11,13,15-17,19,21-36,38,40-47,49,51-54H2,1-2H3,(H,68,72)/b8-6-,14-12-,20-18-,39-37-,50-48+. The van der Waals surface area contributed by atoms with Crippen molar-refractivity contribution in [3.8, 4) is 0 Å². The minimum absolute atomic E-state index is 0.251. The molecule has 0 saturated carbocycles. The van der Waals surface area contributed by atoms with Gasteiger partial charge in [-0.2, -0.15) is 0 Å². The number of amides is 1. The Morgan fingerprint density at radius 1 is 0.457 bits per heavy atom. The molecule has 9 N–H and O–H groups in total. The van der Waals surface area contributed by atoms with Gasteiger partial charge >= 0.3 is 0 Å². The predicted molar refractivity (Wildman–Crippen MR) is 327 cm³/mol. The summed E-state index contributed by atoms with van der Waals surface area (Å²) in [5.41, 5.74) is 0. The molecule has 472 valence electrons. The van der Waals surface area contributed by atoms with E-state index in [-0.39, 0.29) is 18.9 Å². The van der Waals surface area contributed by atoms with Crippen molar-refractivity contribution in [2.75, 3.05) is 19.8 Å². The third-order valence-corrected chi connectivity index (χ3v) is 16.0. The number of nitrogens with one attached hydrogen (secondary N) is 1. The summed E-state index contributed by atoms with van der Waals surface area (Å²) in [5.74, 6) is -0.262. The number of rotatable bonds is 53. The maximum absolute atomic E-state index is 13.3. The van der Waals surface area contributed by atoms with Crippen LogP contribution in [-0.2, 0) is 23.7 Å². The minimum atomic E-state index is -1.79. The zero-order valence-corrected chi connectivity index (χ0v) is 51.0. The van der Waals surface area contributed by atoms with E-state index in [0.717, 1.165) is 70.6 Å². The van der Waals surface area contributed by atoms with Crippen LogP contribution in [0.2, 0.25) is 0 Å². The third kappa shape index (κ3) is 37.0. The molecule has 14 heteroatoms. The van der Waals surface area contributed by atoms with Crippen LogP contribution in [0.5, 0.6) is 0 Å². The Morgan fingerprint density at radius 3 is 1.31 bits per heavy atom. The number of aliphatic hydroxyl groups is 8. The number of hydrogen-bond acceptors (Lipinski definition) is 13. The number of hydrogen-bond donors (Lipinski definition) is 9. The van der Waals surface area contributed by atoms with Crippen molar-refractivity contribution < 1.29 is 64.6 Å². The van der Waals surface area contributed by atoms with Crippen molar-refractivity contribution in [3.05, 3.63) is 60.8 Å². The van der Waals surface area contributed by atoms with E-state index in [1.807, 2.05) is 6.08 Å². The second kappa shape index (κ2) is 52.1. The van der Waals surface area contributed by atoms with Gasteiger partial charge in [-0.15, -0.1) is 0 Å². The van der Waals surface area contributed by atoms with Gasteiger partial charge in [0.25, 0.3) is 0 Å². The average Bonchev–Trinajstić information content (AvgIpc) is 3.47. The molecular weight excluding hydrogens is 1030 g/mol. The number of allylic oxidation sites excluding steroid dienone is 9. The summed E-state index contributed by atoms with van der Waals surface area (Å²) in [7, 11) is 0. The van der Waals surface area contributed by atoms with Crippen LogP contribution in [0, 0.1) is 0 Å². The molecule has 2 rings (SSSR count). The van der Waals surface area contributed by atoms with Crippen molar-refractivity contribution in [2.45, 2.75) is 338 Å². The first kappa shape index (κ1) is 74.8. The zero-order chi connectivity index (χ0) is 58.8. The lowest BCUT2D eigenvalue weighted by Gasteiger charge is -2.46. The Balaban J connectivity index is 1.69. The van der Waals surface area contributed by atoms with Crippen LogP contribution in [0.1, 0.15) is 264 Å². The second-order valence-corrected chi connectivity index (χ2v) is 23.2. The van der Waals surface area contributed by atoms with E-state index in [4.69, 9.17) is 18.9 Å². The van der Waals surface area contributed by atoms with Gasteiger partial charge in [0.15, 0.2) is 12.6 Å². The van der Waals surface area contributed by atoms with E-state index in [0.29, 0.717) is 6.42 Å². The normalized spacial score (nSPS) is 24.5. The quantitative estimate of drug-likeness (QED) is 0.0204. The van der Waals surface area contributed by atoms with Gasteiger partial charge in [-0.05, 0) is 57.8 Å². The fourth-order valence-electron chi connectivity index (χ4n) is 10.7. The lowest BCUT2D eigenvalue weighted by Crippen LogP contribution is -2.65. The van der Waals surface area contributed by atoms with Crippen molar-refractivity contribution in [1.29, 1.82) is 0 Å². The molecule has 0 aliphatic carbocycles. The van der Waals surface area contributed by atoms with Crippen molar-refractivity contribution in [2.24, 2.45) is 0 Å². The highest BCUT2D eigenvalue weighted by atomic mass is 16.7. The lowest BCUT2D eigenvalue weighted by molar-refractivity contribution is -0.359. The summed E-state index contributed by atoms with van der Waals surface area (Å²) < 4.78 is 22.8. The lowest BCUT2D eigenvalue weighted by atomic mass is 9.97. The SMILES string of the molecule is CC/C=C\C/C=C\C/C=C\C/C=C\CCCCCCC(=O)NC(COC1OC(CO)C(OC2OC(CO)C(O)C(O)C2O)C(O)C1O)C(O)/C=C/CCCCCCCCCCCCCCCCCCCCCCCCCCCCCC. The highest BCUT2D eigenvalue weighted by Gasteiger charge is 2.51. The van der Waals surface area contributed by atoms with E-state index in [1.165, 1.54) is 167 Å². The van der Waals surface area contributed by atoms with Crippen molar-refractivity contribution >= 4 is 5.91 Å². The summed E-state index contributed by atoms with van der Waals surface area (Å²) in [6.07, 6.45) is 51.4. The molecule has 0 radical (unpaired) electrons. The van der Waals surface area contributed by atoms with Gasteiger partial charge in [-0.1, -0.05) is 261 Å².